The minimum absolute atomic E-state index is 0.995. The van der Waals surface area contributed by atoms with Gasteiger partial charge in [-0.05, 0) is 46.4 Å². The average Bonchev–Trinajstić information content (AvgIpc) is 2.88. The summed E-state index contributed by atoms with van der Waals surface area (Å²) >= 11 is 0. The molecule has 0 bridgehead atoms. The van der Waals surface area contributed by atoms with E-state index in [1.54, 1.807) is 0 Å². The normalized spacial score (nSPS) is 12.1. The molecule has 96 valence electrons. The smallest absolute Gasteiger partial charge is 0.0414 e. The molecule has 1 nitrogen and oxygen atoms in total. The van der Waals surface area contributed by atoms with Gasteiger partial charge in [-0.2, -0.15) is 0 Å². The summed E-state index contributed by atoms with van der Waals surface area (Å²) in [5.41, 5.74) is 9.33. The largest absolute Gasteiger partial charge is 0.261 e. The van der Waals surface area contributed by atoms with E-state index in [4.69, 9.17) is 0 Å². The van der Waals surface area contributed by atoms with Crippen LogP contribution in [-0.2, 0) is 6.42 Å². The zero-order valence-corrected chi connectivity index (χ0v) is 11.4. The third-order valence-electron chi connectivity index (χ3n) is 4.18. The molecule has 0 fully saturated rings. The number of benzene rings is 2. The zero-order chi connectivity index (χ0) is 13.5. The summed E-state index contributed by atoms with van der Waals surface area (Å²) in [7, 11) is 0. The standard InChI is InChI=1S/C19H15N/c1-13-18-12-19-15(14-6-3-2-4-7-14)8-5-9-16(19)17(18)10-11-20-13/h2-11H,12H2,1H3. The second-order valence-corrected chi connectivity index (χ2v) is 5.30. The number of nitrogens with zero attached hydrogens (tertiary/aromatic N) is 1. The molecule has 1 aromatic heterocycles. The van der Waals surface area contributed by atoms with Gasteiger partial charge in [0, 0.05) is 18.3 Å². The van der Waals surface area contributed by atoms with Crippen LogP contribution in [0.5, 0.6) is 0 Å². The van der Waals surface area contributed by atoms with Gasteiger partial charge in [0.1, 0.15) is 0 Å². The van der Waals surface area contributed by atoms with Crippen LogP contribution in [0.3, 0.4) is 0 Å². The fraction of sp³-hybridized carbons (Fsp3) is 0.105. The fourth-order valence-corrected chi connectivity index (χ4v) is 3.17. The minimum atomic E-state index is 0.995. The lowest BCUT2D eigenvalue weighted by molar-refractivity contribution is 1.11. The Morgan fingerprint density at radius 2 is 1.50 bits per heavy atom. The van der Waals surface area contributed by atoms with Crippen LogP contribution >= 0.6 is 0 Å². The summed E-state index contributed by atoms with van der Waals surface area (Å²) < 4.78 is 0. The predicted octanol–water partition coefficient (Wildman–Crippen LogP) is 4.63. The molecule has 4 rings (SSSR count). The maximum absolute atomic E-state index is 4.44. The molecule has 0 spiro atoms. The van der Waals surface area contributed by atoms with Crippen LogP contribution in [0.15, 0.2) is 60.8 Å². The first-order valence-corrected chi connectivity index (χ1v) is 6.97. The molecule has 1 aliphatic rings. The topological polar surface area (TPSA) is 12.9 Å². The molecule has 1 heteroatoms. The van der Waals surface area contributed by atoms with E-state index in [-0.39, 0.29) is 0 Å². The maximum atomic E-state index is 4.44. The van der Waals surface area contributed by atoms with Gasteiger partial charge in [-0.3, -0.25) is 4.98 Å². The summed E-state index contributed by atoms with van der Waals surface area (Å²) in [6.07, 6.45) is 2.91. The van der Waals surface area contributed by atoms with E-state index in [2.05, 4.69) is 66.5 Å². The highest BCUT2D eigenvalue weighted by Gasteiger charge is 2.22. The van der Waals surface area contributed by atoms with Crippen LogP contribution in [0, 0.1) is 6.92 Å². The van der Waals surface area contributed by atoms with Crippen molar-refractivity contribution in [3.8, 4) is 22.3 Å². The summed E-state index contributed by atoms with van der Waals surface area (Å²) in [4.78, 5) is 4.44. The van der Waals surface area contributed by atoms with Gasteiger partial charge in [0.25, 0.3) is 0 Å². The van der Waals surface area contributed by atoms with E-state index in [1.807, 2.05) is 6.20 Å². The van der Waals surface area contributed by atoms with Crippen molar-refractivity contribution in [2.75, 3.05) is 0 Å². The number of hydrogen-bond acceptors (Lipinski definition) is 1. The number of aryl methyl sites for hydroxylation is 1. The van der Waals surface area contributed by atoms with Crippen molar-refractivity contribution in [3.63, 3.8) is 0 Å². The van der Waals surface area contributed by atoms with Crippen molar-refractivity contribution in [3.05, 3.63) is 77.6 Å². The van der Waals surface area contributed by atoms with Crippen LogP contribution in [0.25, 0.3) is 22.3 Å². The Hall–Kier alpha value is -2.41. The van der Waals surface area contributed by atoms with E-state index in [0.29, 0.717) is 0 Å². The molecule has 0 N–H and O–H groups in total. The molecule has 20 heavy (non-hydrogen) atoms. The van der Waals surface area contributed by atoms with Crippen molar-refractivity contribution in [1.29, 1.82) is 0 Å². The average molecular weight is 257 g/mol. The lowest BCUT2D eigenvalue weighted by atomic mass is 9.96. The number of fused-ring (bicyclic) bond motifs is 3. The van der Waals surface area contributed by atoms with Gasteiger partial charge in [-0.1, -0.05) is 48.5 Å². The predicted molar refractivity (Wildman–Crippen MR) is 82.7 cm³/mol. The molecule has 0 amide bonds. The molecule has 0 unspecified atom stereocenters. The summed E-state index contributed by atoms with van der Waals surface area (Å²) in [6, 6.07) is 19.4. The van der Waals surface area contributed by atoms with Crippen molar-refractivity contribution in [1.82, 2.24) is 4.98 Å². The molecule has 0 radical (unpaired) electrons. The van der Waals surface area contributed by atoms with Crippen molar-refractivity contribution in [2.24, 2.45) is 0 Å². The highest BCUT2D eigenvalue weighted by atomic mass is 14.7. The monoisotopic (exact) mass is 257 g/mol. The van der Waals surface area contributed by atoms with Gasteiger partial charge in [-0.25, -0.2) is 0 Å². The van der Waals surface area contributed by atoms with Crippen molar-refractivity contribution >= 4 is 0 Å². The lowest BCUT2D eigenvalue weighted by Gasteiger charge is -2.08. The molecular formula is C19H15N. The third kappa shape index (κ3) is 1.60. The quantitative estimate of drug-likeness (QED) is 0.484. The molecule has 0 atom stereocenters. The Bertz CT molecular complexity index is 788. The number of aromatic nitrogens is 1. The number of pyridine rings is 1. The Morgan fingerprint density at radius 3 is 2.35 bits per heavy atom. The number of rotatable bonds is 1. The van der Waals surface area contributed by atoms with Gasteiger partial charge in [-0.15, -0.1) is 0 Å². The SMILES string of the molecule is Cc1nccc2c1Cc1c(-c3ccccc3)cccc1-2. The first kappa shape index (κ1) is 11.4. The summed E-state index contributed by atoms with van der Waals surface area (Å²) in [5.74, 6) is 0. The molecule has 1 aliphatic carbocycles. The molecular weight excluding hydrogens is 242 g/mol. The maximum Gasteiger partial charge on any atom is 0.0414 e. The van der Waals surface area contributed by atoms with Crippen LogP contribution in [0.1, 0.15) is 16.8 Å². The highest BCUT2D eigenvalue weighted by molar-refractivity contribution is 5.84. The molecule has 0 saturated carbocycles. The third-order valence-corrected chi connectivity index (χ3v) is 4.18. The molecule has 2 aromatic carbocycles. The molecule has 1 heterocycles. The van der Waals surface area contributed by atoms with Gasteiger partial charge >= 0.3 is 0 Å². The van der Waals surface area contributed by atoms with Gasteiger partial charge in [0.2, 0.25) is 0 Å². The Morgan fingerprint density at radius 1 is 0.750 bits per heavy atom. The number of hydrogen-bond donors (Lipinski definition) is 0. The Labute approximate surface area is 118 Å². The van der Waals surface area contributed by atoms with Crippen LogP contribution in [-0.4, -0.2) is 4.98 Å². The molecule has 0 saturated heterocycles. The van der Waals surface area contributed by atoms with Crippen LogP contribution < -0.4 is 0 Å². The molecule has 0 aliphatic heterocycles. The Kier molecular flexibility index (Phi) is 2.46. The fourth-order valence-electron chi connectivity index (χ4n) is 3.17. The lowest BCUT2D eigenvalue weighted by Crippen LogP contribution is -1.90. The van der Waals surface area contributed by atoms with Gasteiger partial charge < -0.3 is 0 Å². The minimum Gasteiger partial charge on any atom is -0.261 e. The van der Waals surface area contributed by atoms with E-state index >= 15 is 0 Å². The zero-order valence-electron chi connectivity index (χ0n) is 11.4. The van der Waals surface area contributed by atoms with Gasteiger partial charge in [0.05, 0.1) is 0 Å². The Balaban J connectivity index is 1.96. The second-order valence-electron chi connectivity index (χ2n) is 5.30. The molecule has 3 aromatic rings. The second kappa shape index (κ2) is 4.31. The summed E-state index contributed by atoms with van der Waals surface area (Å²) in [6.45, 7) is 2.10. The first-order valence-electron chi connectivity index (χ1n) is 6.97. The van der Waals surface area contributed by atoms with Crippen LogP contribution in [0.2, 0.25) is 0 Å². The first-order chi connectivity index (χ1) is 9.84. The van der Waals surface area contributed by atoms with E-state index in [0.717, 1.165) is 12.1 Å². The van der Waals surface area contributed by atoms with Crippen molar-refractivity contribution < 1.29 is 0 Å². The summed E-state index contributed by atoms with van der Waals surface area (Å²) in [5, 5.41) is 0. The van der Waals surface area contributed by atoms with E-state index in [1.165, 1.54) is 33.4 Å². The van der Waals surface area contributed by atoms with Gasteiger partial charge in [0.15, 0.2) is 0 Å². The highest BCUT2D eigenvalue weighted by Crippen LogP contribution is 2.41. The van der Waals surface area contributed by atoms with E-state index in [9.17, 15) is 0 Å². The van der Waals surface area contributed by atoms with Crippen LogP contribution in [0.4, 0.5) is 0 Å². The van der Waals surface area contributed by atoms with Crippen molar-refractivity contribution in [2.45, 2.75) is 13.3 Å². The van der Waals surface area contributed by atoms with E-state index < -0.39 is 0 Å².